The minimum atomic E-state index is -4.88. The predicted octanol–water partition coefficient (Wildman–Crippen LogP) is 2.71. The summed E-state index contributed by atoms with van der Waals surface area (Å²) in [7, 11) is -13.7. The summed E-state index contributed by atoms with van der Waals surface area (Å²) in [5, 5.41) is 29.6. The van der Waals surface area contributed by atoms with Crippen molar-refractivity contribution in [2.24, 2.45) is 10.2 Å². The predicted molar refractivity (Wildman–Crippen MR) is 122 cm³/mol. The van der Waals surface area contributed by atoms with Crippen LogP contribution in [0.5, 0.6) is 5.75 Å². The molecule has 3 aromatic carbocycles. The quantitative estimate of drug-likeness (QED) is 0.148. The summed E-state index contributed by atoms with van der Waals surface area (Å²) < 4.78 is 90.2. The number of phenols is 1. The largest absolute Gasteiger partial charge is 0.506 e. The molecular weight excluding hydrogens is 546 g/mol. The number of fused-ring (bicyclic) bond motifs is 1. The highest BCUT2D eigenvalue weighted by Gasteiger charge is 2.23. The van der Waals surface area contributed by atoms with Crippen molar-refractivity contribution in [2.45, 2.75) is 9.79 Å². The smallest absolute Gasteiger partial charge is 0.397 e. The third-order valence-electron chi connectivity index (χ3n) is 4.58. The van der Waals surface area contributed by atoms with E-state index in [1.807, 2.05) is 0 Å². The van der Waals surface area contributed by atoms with Gasteiger partial charge in [0, 0.05) is 11.5 Å². The highest BCUT2D eigenvalue weighted by atomic mass is 32.3. The second-order valence-corrected chi connectivity index (χ2v) is 11.6. The molecule has 3 rings (SSSR count). The zero-order chi connectivity index (χ0) is 26.9. The van der Waals surface area contributed by atoms with Crippen LogP contribution in [0.2, 0.25) is 0 Å². The molecule has 0 heterocycles. The first-order chi connectivity index (χ1) is 16.6. The summed E-state index contributed by atoms with van der Waals surface area (Å²) in [5.74, 6) is -1.33. The topological polar surface area (TPSA) is 240 Å². The first-order valence-corrected chi connectivity index (χ1v) is 13.8. The van der Waals surface area contributed by atoms with E-state index >= 15 is 0 Å². The molecule has 3 aromatic rings. The zero-order valence-electron chi connectivity index (χ0n) is 17.6. The molecule has 0 saturated heterocycles. The molecule has 0 saturated carbocycles. The second kappa shape index (κ2) is 9.84. The van der Waals surface area contributed by atoms with Gasteiger partial charge in [0.15, 0.2) is 15.5 Å². The fourth-order valence-electron chi connectivity index (χ4n) is 2.94. The average molecular weight is 562 g/mol. The van der Waals surface area contributed by atoms with E-state index in [2.05, 4.69) is 14.4 Å². The lowest BCUT2D eigenvalue weighted by Crippen LogP contribution is -2.15. The van der Waals surface area contributed by atoms with Crippen LogP contribution in [0.1, 0.15) is 0 Å². The number of hydrogen-bond acceptors (Lipinski definition) is 12. The Hall–Kier alpha value is -3.55. The molecule has 0 aromatic heterocycles. The molecule has 0 aliphatic heterocycles. The molecule has 192 valence electrons. The number of nitrogens with zero attached hydrogens (tertiary/aromatic N) is 3. The highest BCUT2D eigenvalue weighted by molar-refractivity contribution is 7.91. The van der Waals surface area contributed by atoms with Gasteiger partial charge in [0.1, 0.15) is 11.4 Å². The normalized spacial score (nSPS) is 12.8. The van der Waals surface area contributed by atoms with E-state index < -0.39 is 74.6 Å². The van der Waals surface area contributed by atoms with Crippen LogP contribution >= 0.6 is 0 Å². The molecule has 0 aliphatic rings. The minimum Gasteiger partial charge on any atom is -0.506 e. The molecule has 18 heteroatoms. The Balaban J connectivity index is 2.00. The standard InChI is InChI=1S/C18H15N3O12S3/c22-17-6-1-11-9-13(35(27,28)29)2-4-14(11)18(17)20-19-15-5-3-12(10-16(15)21(23)24)34(25,26)8-7-33-36(30,31)32/h1-6,9-10,22H,7-8H2,(H,27,28,29)(H,30,31,32). The maximum Gasteiger partial charge on any atom is 0.397 e. The number of sulfone groups is 1. The lowest BCUT2D eigenvalue weighted by atomic mass is 10.1. The lowest BCUT2D eigenvalue weighted by molar-refractivity contribution is -0.384. The molecule has 0 bridgehead atoms. The van der Waals surface area contributed by atoms with Gasteiger partial charge in [0.05, 0.1) is 27.1 Å². The number of nitro benzene ring substituents is 1. The van der Waals surface area contributed by atoms with Crippen molar-refractivity contribution in [2.75, 3.05) is 12.4 Å². The van der Waals surface area contributed by atoms with Gasteiger partial charge in [-0.2, -0.15) is 16.8 Å². The maximum absolute atomic E-state index is 12.3. The molecule has 0 spiro atoms. The van der Waals surface area contributed by atoms with Crippen molar-refractivity contribution >= 4 is 58.2 Å². The Bertz CT molecular complexity index is 1720. The fourth-order valence-corrected chi connectivity index (χ4v) is 4.96. The lowest BCUT2D eigenvalue weighted by Gasteiger charge is -2.07. The Morgan fingerprint density at radius 3 is 2.17 bits per heavy atom. The van der Waals surface area contributed by atoms with E-state index in [4.69, 9.17) is 4.55 Å². The Labute approximate surface area is 203 Å². The molecule has 0 atom stereocenters. The van der Waals surface area contributed by atoms with Crippen molar-refractivity contribution < 1.29 is 48.6 Å². The van der Waals surface area contributed by atoms with Gasteiger partial charge in [-0.15, -0.1) is 10.2 Å². The number of benzene rings is 3. The average Bonchev–Trinajstić information content (AvgIpc) is 2.76. The summed E-state index contributed by atoms with van der Waals surface area (Å²) in [6.45, 7) is -0.934. The number of phenolic OH excluding ortho intramolecular Hbond substituents is 1. The van der Waals surface area contributed by atoms with Crippen LogP contribution in [0.3, 0.4) is 0 Å². The van der Waals surface area contributed by atoms with Crippen LogP contribution in [0.4, 0.5) is 17.1 Å². The summed E-state index contributed by atoms with van der Waals surface area (Å²) in [6.07, 6.45) is 0. The molecule has 3 N–H and O–H groups in total. The number of nitro groups is 1. The third kappa shape index (κ3) is 6.36. The zero-order valence-corrected chi connectivity index (χ0v) is 20.1. The van der Waals surface area contributed by atoms with Gasteiger partial charge in [-0.3, -0.25) is 19.2 Å². The molecular formula is C18H15N3O12S3. The summed E-state index contributed by atoms with van der Waals surface area (Å²) >= 11 is 0. The number of rotatable bonds is 9. The molecule has 0 aliphatic carbocycles. The second-order valence-electron chi connectivity index (χ2n) is 6.97. The Kier molecular flexibility index (Phi) is 7.39. The van der Waals surface area contributed by atoms with Gasteiger partial charge in [0.2, 0.25) is 0 Å². The monoisotopic (exact) mass is 561 g/mol. The van der Waals surface area contributed by atoms with Crippen molar-refractivity contribution in [3.8, 4) is 5.75 Å². The van der Waals surface area contributed by atoms with E-state index in [1.54, 1.807) is 0 Å². The molecule has 15 nitrogen and oxygen atoms in total. The van der Waals surface area contributed by atoms with E-state index in [0.29, 0.717) is 6.07 Å². The van der Waals surface area contributed by atoms with E-state index in [9.17, 15) is 45.0 Å². The van der Waals surface area contributed by atoms with Gasteiger partial charge in [-0.25, -0.2) is 12.6 Å². The van der Waals surface area contributed by atoms with Gasteiger partial charge >= 0.3 is 10.4 Å². The third-order valence-corrected chi connectivity index (χ3v) is 7.57. The van der Waals surface area contributed by atoms with Crippen LogP contribution in [0.25, 0.3) is 10.8 Å². The molecule has 36 heavy (non-hydrogen) atoms. The Morgan fingerprint density at radius 2 is 1.56 bits per heavy atom. The minimum absolute atomic E-state index is 0.187. The van der Waals surface area contributed by atoms with E-state index in [0.717, 1.165) is 30.3 Å². The molecule has 0 amide bonds. The van der Waals surface area contributed by atoms with Crippen LogP contribution < -0.4 is 0 Å². The molecule has 0 radical (unpaired) electrons. The first-order valence-electron chi connectivity index (χ1n) is 9.36. The Morgan fingerprint density at radius 1 is 0.889 bits per heavy atom. The van der Waals surface area contributed by atoms with Gasteiger partial charge in [0.25, 0.3) is 15.8 Å². The van der Waals surface area contributed by atoms with Gasteiger partial charge in [-0.05, 0) is 35.7 Å². The van der Waals surface area contributed by atoms with E-state index in [1.165, 1.54) is 12.1 Å². The van der Waals surface area contributed by atoms with Crippen molar-refractivity contribution in [1.82, 2.24) is 0 Å². The number of azo groups is 1. The van der Waals surface area contributed by atoms with E-state index in [-0.39, 0.29) is 16.5 Å². The SMILES string of the molecule is O=[N+]([O-])c1cc(S(=O)(=O)CCOS(=O)(=O)O)ccc1N=Nc1c(O)ccc2cc(S(=O)(=O)O)ccc12. The maximum atomic E-state index is 12.3. The number of aromatic hydroxyl groups is 1. The van der Waals surface area contributed by atoms with Gasteiger partial charge in [-0.1, -0.05) is 12.1 Å². The highest BCUT2D eigenvalue weighted by Crippen LogP contribution is 2.38. The van der Waals surface area contributed by atoms with Crippen molar-refractivity contribution in [3.05, 3.63) is 58.6 Å². The summed E-state index contributed by atoms with van der Waals surface area (Å²) in [6, 6.07) is 8.45. The first kappa shape index (κ1) is 27.0. The fraction of sp³-hybridized carbons (Fsp3) is 0.111. The van der Waals surface area contributed by atoms with Gasteiger partial charge < -0.3 is 5.11 Å². The van der Waals surface area contributed by atoms with Crippen LogP contribution in [-0.4, -0.2) is 56.7 Å². The summed E-state index contributed by atoms with van der Waals surface area (Å²) in [5.41, 5.74) is -1.38. The van der Waals surface area contributed by atoms with Crippen molar-refractivity contribution in [3.63, 3.8) is 0 Å². The van der Waals surface area contributed by atoms with Crippen LogP contribution in [0, 0.1) is 10.1 Å². The molecule has 0 unspecified atom stereocenters. The number of hydrogen-bond donors (Lipinski definition) is 3. The van der Waals surface area contributed by atoms with Crippen molar-refractivity contribution in [1.29, 1.82) is 0 Å². The van der Waals surface area contributed by atoms with Crippen LogP contribution in [-0.2, 0) is 34.5 Å². The molecule has 0 fully saturated rings. The summed E-state index contributed by atoms with van der Waals surface area (Å²) in [4.78, 5) is 9.59. The van der Waals surface area contributed by atoms with Crippen LogP contribution in [0.15, 0.2) is 68.6 Å².